The molecule has 0 aliphatic rings. The van der Waals surface area contributed by atoms with Crippen molar-refractivity contribution in [2.24, 2.45) is 10.2 Å². The number of phenolic OH excluding ortho intramolecular Hbond substituents is 1. The van der Waals surface area contributed by atoms with Crippen LogP contribution in [0.3, 0.4) is 0 Å². The molecule has 0 heterocycles. The Hall–Kier alpha value is -3.30. The molecule has 0 amide bonds. The second-order valence-corrected chi connectivity index (χ2v) is 5.39. The average molecular weight is 374 g/mol. The van der Waals surface area contributed by atoms with Crippen LogP contribution in [0.1, 0.15) is 21.5 Å². The largest absolute Gasteiger partial charge is 0.508 e. The van der Waals surface area contributed by atoms with Crippen LogP contribution < -0.4 is 0 Å². The molecule has 27 heavy (non-hydrogen) atoms. The highest BCUT2D eigenvalue weighted by atomic mass is 17.2. The molecule has 2 rings (SSSR count). The van der Waals surface area contributed by atoms with Crippen molar-refractivity contribution in [2.45, 2.75) is 13.0 Å². The number of phenols is 1. The number of methoxy groups -OCH3 is 1. The number of rotatable bonds is 8. The van der Waals surface area contributed by atoms with Crippen LogP contribution in [0.2, 0.25) is 0 Å². The van der Waals surface area contributed by atoms with E-state index in [2.05, 4.69) is 15.1 Å². The lowest BCUT2D eigenvalue weighted by Gasteiger charge is -2.06. The van der Waals surface area contributed by atoms with Crippen LogP contribution in [0.15, 0.2) is 46.6 Å². The standard InChI is InChI=1S/C18H18N2O7/c1-25-18(24)13-5-11(10-27-26-2)6-15(8-13)20-19-14-3-4-16(21)12(7-14)9-17(22)23/h3-8,21H,9-10H2,1-2H3,(H,22,23)/b20-19+. The Bertz CT molecular complexity index is 865. The molecule has 9 nitrogen and oxygen atoms in total. The molecular formula is C18H18N2O7. The zero-order valence-electron chi connectivity index (χ0n) is 14.7. The predicted octanol–water partition coefficient (Wildman–Crippen LogP) is 3.30. The SMILES string of the molecule is COOCc1cc(/N=N/c2ccc(O)c(CC(=O)O)c2)cc(C(=O)OC)c1. The number of ether oxygens (including phenoxy) is 1. The fourth-order valence-corrected chi connectivity index (χ4v) is 2.23. The van der Waals surface area contributed by atoms with E-state index in [9.17, 15) is 14.7 Å². The second kappa shape index (κ2) is 9.41. The Morgan fingerprint density at radius 2 is 1.78 bits per heavy atom. The molecule has 2 N–H and O–H groups in total. The van der Waals surface area contributed by atoms with Crippen molar-refractivity contribution in [3.05, 3.63) is 53.1 Å². The molecule has 142 valence electrons. The molecule has 0 radical (unpaired) electrons. The summed E-state index contributed by atoms with van der Waals surface area (Å²) >= 11 is 0. The number of carbonyl (C=O) groups excluding carboxylic acids is 1. The number of azo groups is 1. The first-order valence-electron chi connectivity index (χ1n) is 7.76. The number of nitrogens with zero attached hydrogens (tertiary/aromatic N) is 2. The van der Waals surface area contributed by atoms with Gasteiger partial charge in [-0.2, -0.15) is 10.2 Å². The number of hydrogen-bond acceptors (Lipinski definition) is 8. The van der Waals surface area contributed by atoms with Gasteiger partial charge in [-0.1, -0.05) is 0 Å². The quantitative estimate of drug-likeness (QED) is 0.314. The number of carboxylic acid groups (broad SMARTS) is 1. The van der Waals surface area contributed by atoms with E-state index in [4.69, 9.17) is 14.7 Å². The van der Waals surface area contributed by atoms with Crippen molar-refractivity contribution in [2.75, 3.05) is 14.2 Å². The molecule has 0 saturated carbocycles. The number of carbonyl (C=O) groups is 2. The Morgan fingerprint density at radius 3 is 2.44 bits per heavy atom. The van der Waals surface area contributed by atoms with E-state index in [0.29, 0.717) is 16.9 Å². The molecule has 0 atom stereocenters. The van der Waals surface area contributed by atoms with Crippen LogP contribution in [0.4, 0.5) is 11.4 Å². The molecule has 0 spiro atoms. The van der Waals surface area contributed by atoms with Crippen LogP contribution in [0, 0.1) is 0 Å². The minimum atomic E-state index is -1.08. The molecule has 0 unspecified atom stereocenters. The predicted molar refractivity (Wildman–Crippen MR) is 93.2 cm³/mol. The maximum atomic E-state index is 11.8. The summed E-state index contributed by atoms with van der Waals surface area (Å²) in [6.07, 6.45) is -0.342. The Morgan fingerprint density at radius 1 is 1.04 bits per heavy atom. The van der Waals surface area contributed by atoms with Gasteiger partial charge in [0.15, 0.2) is 0 Å². The Labute approximate surface area is 154 Å². The number of benzene rings is 2. The highest BCUT2D eigenvalue weighted by molar-refractivity contribution is 5.90. The van der Waals surface area contributed by atoms with Crippen LogP contribution in [-0.2, 0) is 32.3 Å². The van der Waals surface area contributed by atoms with Crippen molar-refractivity contribution < 1.29 is 34.3 Å². The van der Waals surface area contributed by atoms with Crippen molar-refractivity contribution in [1.29, 1.82) is 0 Å². The van der Waals surface area contributed by atoms with E-state index in [1.165, 1.54) is 38.5 Å². The number of esters is 1. The number of carboxylic acids is 1. The van der Waals surface area contributed by atoms with E-state index < -0.39 is 11.9 Å². The summed E-state index contributed by atoms with van der Waals surface area (Å²) in [6.45, 7) is 0.0891. The number of hydrogen-bond donors (Lipinski definition) is 2. The van der Waals surface area contributed by atoms with Gasteiger partial charge in [-0.05, 0) is 42.0 Å². The lowest BCUT2D eigenvalue weighted by Crippen LogP contribution is -2.02. The smallest absolute Gasteiger partial charge is 0.337 e. The number of aliphatic carboxylic acids is 1. The molecule has 9 heteroatoms. The first kappa shape index (κ1) is 20.0. The highest BCUT2D eigenvalue weighted by Crippen LogP contribution is 2.26. The van der Waals surface area contributed by atoms with E-state index in [-0.39, 0.29) is 29.9 Å². The van der Waals surface area contributed by atoms with E-state index in [1.54, 1.807) is 12.1 Å². The number of aromatic hydroxyl groups is 1. The normalized spacial score (nSPS) is 10.9. The monoisotopic (exact) mass is 374 g/mol. The van der Waals surface area contributed by atoms with Gasteiger partial charge in [-0.15, -0.1) is 0 Å². The second-order valence-electron chi connectivity index (χ2n) is 5.39. The third kappa shape index (κ3) is 5.87. The molecule has 0 bridgehead atoms. The Kier molecular flexibility index (Phi) is 6.98. The zero-order valence-corrected chi connectivity index (χ0v) is 14.7. The van der Waals surface area contributed by atoms with Gasteiger partial charge >= 0.3 is 11.9 Å². The summed E-state index contributed by atoms with van der Waals surface area (Å²) in [5.41, 5.74) is 1.81. The zero-order chi connectivity index (χ0) is 19.8. The minimum absolute atomic E-state index is 0.0891. The fourth-order valence-electron chi connectivity index (χ4n) is 2.23. The molecule has 0 fully saturated rings. The third-order valence-corrected chi connectivity index (χ3v) is 3.43. The molecule has 0 aromatic heterocycles. The summed E-state index contributed by atoms with van der Waals surface area (Å²) in [5.74, 6) is -1.75. The molecule has 2 aromatic rings. The van der Waals surface area contributed by atoms with Gasteiger partial charge in [-0.3, -0.25) is 4.79 Å². The lowest BCUT2D eigenvalue weighted by atomic mass is 10.1. The van der Waals surface area contributed by atoms with Gasteiger partial charge in [0.05, 0.1) is 37.6 Å². The lowest BCUT2D eigenvalue weighted by molar-refractivity contribution is -0.282. The molecule has 0 aliphatic heterocycles. The van der Waals surface area contributed by atoms with Gasteiger partial charge in [0.2, 0.25) is 0 Å². The molecule has 2 aromatic carbocycles. The minimum Gasteiger partial charge on any atom is -0.508 e. The molecule has 0 aliphatic carbocycles. The maximum Gasteiger partial charge on any atom is 0.337 e. The summed E-state index contributed by atoms with van der Waals surface area (Å²) in [4.78, 5) is 32.1. The summed E-state index contributed by atoms with van der Waals surface area (Å²) in [6, 6.07) is 8.97. The van der Waals surface area contributed by atoms with Crippen molar-refractivity contribution in [1.82, 2.24) is 0 Å². The summed E-state index contributed by atoms with van der Waals surface area (Å²) in [5, 5.41) is 26.7. The van der Waals surface area contributed by atoms with E-state index in [1.807, 2.05) is 0 Å². The van der Waals surface area contributed by atoms with Crippen LogP contribution in [0.25, 0.3) is 0 Å². The van der Waals surface area contributed by atoms with Gasteiger partial charge in [-0.25, -0.2) is 14.6 Å². The first-order valence-corrected chi connectivity index (χ1v) is 7.76. The van der Waals surface area contributed by atoms with Crippen molar-refractivity contribution in [3.8, 4) is 5.75 Å². The topological polar surface area (TPSA) is 127 Å². The fraction of sp³-hybridized carbons (Fsp3) is 0.222. The van der Waals surface area contributed by atoms with Gasteiger partial charge in [0, 0.05) is 5.56 Å². The van der Waals surface area contributed by atoms with Crippen LogP contribution >= 0.6 is 0 Å². The third-order valence-electron chi connectivity index (χ3n) is 3.43. The van der Waals surface area contributed by atoms with E-state index >= 15 is 0 Å². The first-order chi connectivity index (χ1) is 12.9. The molecule has 0 saturated heterocycles. The summed E-state index contributed by atoms with van der Waals surface area (Å²) < 4.78 is 4.71. The van der Waals surface area contributed by atoms with Crippen molar-refractivity contribution >= 4 is 23.3 Å². The van der Waals surface area contributed by atoms with Crippen molar-refractivity contribution in [3.63, 3.8) is 0 Å². The Balaban J connectivity index is 2.32. The van der Waals surface area contributed by atoms with Crippen LogP contribution in [0.5, 0.6) is 5.75 Å². The van der Waals surface area contributed by atoms with Gasteiger partial charge < -0.3 is 14.9 Å². The maximum absolute atomic E-state index is 11.8. The average Bonchev–Trinajstić information content (AvgIpc) is 2.65. The van der Waals surface area contributed by atoms with E-state index in [0.717, 1.165) is 0 Å². The van der Waals surface area contributed by atoms with Gasteiger partial charge in [0.25, 0.3) is 0 Å². The van der Waals surface area contributed by atoms with Gasteiger partial charge in [0.1, 0.15) is 12.4 Å². The van der Waals surface area contributed by atoms with Crippen LogP contribution in [-0.4, -0.2) is 36.4 Å². The summed E-state index contributed by atoms with van der Waals surface area (Å²) in [7, 11) is 2.63. The molecular weight excluding hydrogens is 356 g/mol. The highest BCUT2D eigenvalue weighted by Gasteiger charge is 2.10.